The van der Waals surface area contributed by atoms with Gasteiger partial charge in [-0.1, -0.05) is 18.2 Å². The minimum absolute atomic E-state index is 0.00628. The van der Waals surface area contributed by atoms with Crippen LogP contribution in [0.4, 0.5) is 0 Å². The maximum absolute atomic E-state index is 11.5. The van der Waals surface area contributed by atoms with E-state index in [1.165, 1.54) is 42.5 Å². The number of phenols is 1. The summed E-state index contributed by atoms with van der Waals surface area (Å²) in [5.74, 6) is -2.02. The van der Waals surface area contributed by atoms with Crippen molar-refractivity contribution in [2.75, 3.05) is 0 Å². The van der Waals surface area contributed by atoms with Gasteiger partial charge in [-0.05, 0) is 36.3 Å². The fourth-order valence-corrected chi connectivity index (χ4v) is 2.13. The standard InChI is InChI=1S/C14H14O5/c15-11-5-1-9(2-6-11)14(19,13(17)18)10-3-7-12(16)8-4-10/h1-3,5-8,10,15-16,19H,4H2,(H,17,18). The van der Waals surface area contributed by atoms with Gasteiger partial charge in [0, 0.05) is 5.92 Å². The van der Waals surface area contributed by atoms with Crippen molar-refractivity contribution in [1.29, 1.82) is 0 Å². The molecule has 0 heterocycles. The van der Waals surface area contributed by atoms with Gasteiger partial charge in [-0.2, -0.15) is 0 Å². The molecule has 2 unspecified atom stereocenters. The molecule has 0 saturated heterocycles. The number of carboxylic acid groups (broad SMARTS) is 1. The van der Waals surface area contributed by atoms with E-state index < -0.39 is 17.5 Å². The molecule has 0 saturated carbocycles. The molecule has 1 aliphatic carbocycles. The zero-order valence-electron chi connectivity index (χ0n) is 10.0. The molecule has 100 valence electrons. The van der Waals surface area contributed by atoms with Crippen LogP contribution in [0.15, 0.2) is 48.3 Å². The van der Waals surface area contributed by atoms with Crippen molar-refractivity contribution in [2.45, 2.75) is 12.0 Å². The van der Waals surface area contributed by atoms with Gasteiger partial charge in [-0.15, -0.1) is 0 Å². The molecule has 1 aromatic rings. The van der Waals surface area contributed by atoms with E-state index in [1.807, 2.05) is 0 Å². The predicted octanol–water partition coefficient (Wildman–Crippen LogP) is 1.68. The molecule has 5 nitrogen and oxygen atoms in total. The highest BCUT2D eigenvalue weighted by Gasteiger charge is 2.44. The molecule has 0 spiro atoms. The molecular weight excluding hydrogens is 248 g/mol. The highest BCUT2D eigenvalue weighted by Crippen LogP contribution is 2.36. The van der Waals surface area contributed by atoms with Crippen LogP contribution in [0.25, 0.3) is 0 Å². The average Bonchev–Trinajstić information content (AvgIpc) is 2.39. The van der Waals surface area contributed by atoms with Gasteiger partial charge in [0.25, 0.3) is 0 Å². The van der Waals surface area contributed by atoms with Crippen LogP contribution >= 0.6 is 0 Å². The van der Waals surface area contributed by atoms with Gasteiger partial charge in [-0.25, -0.2) is 4.79 Å². The number of hydrogen-bond acceptors (Lipinski definition) is 4. The lowest BCUT2D eigenvalue weighted by Gasteiger charge is -2.31. The third-order valence-electron chi connectivity index (χ3n) is 3.25. The zero-order chi connectivity index (χ0) is 14.0. The van der Waals surface area contributed by atoms with Crippen molar-refractivity contribution in [1.82, 2.24) is 0 Å². The average molecular weight is 262 g/mol. The summed E-state index contributed by atoms with van der Waals surface area (Å²) < 4.78 is 0. The molecule has 1 aromatic carbocycles. The van der Waals surface area contributed by atoms with Gasteiger partial charge in [-0.3, -0.25) is 0 Å². The van der Waals surface area contributed by atoms with Crippen molar-refractivity contribution < 1.29 is 25.2 Å². The first kappa shape index (κ1) is 13.2. The Morgan fingerprint density at radius 1 is 1.21 bits per heavy atom. The lowest BCUT2D eigenvalue weighted by molar-refractivity contribution is -0.164. The summed E-state index contributed by atoms with van der Waals surface area (Å²) in [5.41, 5.74) is -1.91. The number of aliphatic hydroxyl groups is 2. The monoisotopic (exact) mass is 262 g/mol. The smallest absolute Gasteiger partial charge is 0.341 e. The van der Waals surface area contributed by atoms with E-state index in [4.69, 9.17) is 0 Å². The van der Waals surface area contributed by atoms with Crippen molar-refractivity contribution in [3.05, 3.63) is 53.8 Å². The van der Waals surface area contributed by atoms with E-state index >= 15 is 0 Å². The van der Waals surface area contributed by atoms with Crippen LogP contribution in [0.2, 0.25) is 0 Å². The summed E-state index contributed by atoms with van der Waals surface area (Å²) in [7, 11) is 0. The number of aliphatic hydroxyl groups excluding tert-OH is 1. The molecule has 0 aromatic heterocycles. The SMILES string of the molecule is O=C(O)C(O)(c1ccc(O)cc1)C1C=CC(O)=CC1. The maximum Gasteiger partial charge on any atom is 0.341 e. The predicted molar refractivity (Wildman–Crippen MR) is 67.6 cm³/mol. The van der Waals surface area contributed by atoms with Gasteiger partial charge in [0.1, 0.15) is 11.5 Å². The zero-order valence-corrected chi connectivity index (χ0v) is 10.0. The van der Waals surface area contributed by atoms with Crippen LogP contribution in [0, 0.1) is 5.92 Å². The van der Waals surface area contributed by atoms with Crippen LogP contribution in [-0.4, -0.2) is 26.4 Å². The Morgan fingerprint density at radius 3 is 2.32 bits per heavy atom. The van der Waals surface area contributed by atoms with Crippen molar-refractivity contribution in [3.8, 4) is 5.75 Å². The van der Waals surface area contributed by atoms with Crippen molar-refractivity contribution in [2.24, 2.45) is 5.92 Å². The van der Waals surface area contributed by atoms with E-state index in [2.05, 4.69) is 0 Å². The van der Waals surface area contributed by atoms with Gasteiger partial charge in [0.05, 0.1) is 0 Å². The molecule has 0 amide bonds. The second kappa shape index (κ2) is 4.78. The number of carboxylic acids is 1. The third-order valence-corrected chi connectivity index (χ3v) is 3.25. The summed E-state index contributed by atoms with van der Waals surface area (Å²) in [6.07, 6.45) is 4.50. The second-order valence-electron chi connectivity index (χ2n) is 4.45. The van der Waals surface area contributed by atoms with E-state index in [9.17, 15) is 25.2 Å². The molecule has 4 N–H and O–H groups in total. The van der Waals surface area contributed by atoms with Crippen LogP contribution in [-0.2, 0) is 10.4 Å². The van der Waals surface area contributed by atoms with Gasteiger partial charge >= 0.3 is 5.97 Å². The number of aliphatic carboxylic acids is 1. The largest absolute Gasteiger partial charge is 0.508 e. The first-order valence-corrected chi connectivity index (χ1v) is 5.77. The Hall–Kier alpha value is -2.27. The summed E-state index contributed by atoms with van der Waals surface area (Å²) in [6.45, 7) is 0. The summed E-state index contributed by atoms with van der Waals surface area (Å²) >= 11 is 0. The first-order valence-electron chi connectivity index (χ1n) is 5.77. The van der Waals surface area contributed by atoms with E-state index in [0.29, 0.717) is 0 Å². The summed E-state index contributed by atoms with van der Waals surface area (Å²) in [6, 6.07) is 5.39. The Balaban J connectivity index is 2.41. The van der Waals surface area contributed by atoms with E-state index in [-0.39, 0.29) is 23.5 Å². The van der Waals surface area contributed by atoms with Crippen LogP contribution in [0.5, 0.6) is 5.75 Å². The van der Waals surface area contributed by atoms with Gasteiger partial charge in [0.2, 0.25) is 0 Å². The molecule has 0 aliphatic heterocycles. The quantitative estimate of drug-likeness (QED) is 0.664. The van der Waals surface area contributed by atoms with Gasteiger partial charge < -0.3 is 20.4 Å². The van der Waals surface area contributed by atoms with Crippen LogP contribution in [0.1, 0.15) is 12.0 Å². The molecule has 19 heavy (non-hydrogen) atoms. The molecule has 0 fully saturated rings. The fraction of sp³-hybridized carbons (Fsp3) is 0.214. The molecular formula is C14H14O5. The topological polar surface area (TPSA) is 98.0 Å². The van der Waals surface area contributed by atoms with Crippen LogP contribution < -0.4 is 0 Å². The number of benzene rings is 1. The molecule has 2 rings (SSSR count). The summed E-state index contributed by atoms with van der Waals surface area (Å²) in [4.78, 5) is 11.5. The number of allylic oxidation sites excluding steroid dienone is 2. The van der Waals surface area contributed by atoms with E-state index in [1.54, 1.807) is 0 Å². The highest BCUT2D eigenvalue weighted by atomic mass is 16.4. The Bertz CT molecular complexity index is 543. The molecule has 0 bridgehead atoms. The fourth-order valence-electron chi connectivity index (χ4n) is 2.13. The highest BCUT2D eigenvalue weighted by molar-refractivity contribution is 5.80. The Labute approximate surface area is 109 Å². The number of phenolic OH excluding ortho intramolecular Hbond substituents is 1. The lowest BCUT2D eigenvalue weighted by atomic mass is 9.77. The van der Waals surface area contributed by atoms with Gasteiger partial charge in [0.15, 0.2) is 5.60 Å². The first-order chi connectivity index (χ1) is 8.94. The Kier molecular flexibility index (Phi) is 3.31. The molecule has 2 atom stereocenters. The number of hydrogen-bond donors (Lipinski definition) is 4. The normalized spacial score (nSPS) is 21.5. The second-order valence-corrected chi connectivity index (χ2v) is 4.45. The minimum atomic E-state index is -2.10. The number of carbonyl (C=O) groups is 1. The number of rotatable bonds is 3. The third kappa shape index (κ3) is 2.32. The van der Waals surface area contributed by atoms with Crippen molar-refractivity contribution in [3.63, 3.8) is 0 Å². The van der Waals surface area contributed by atoms with Crippen LogP contribution in [0.3, 0.4) is 0 Å². The maximum atomic E-state index is 11.5. The minimum Gasteiger partial charge on any atom is -0.508 e. The molecule has 0 radical (unpaired) electrons. The van der Waals surface area contributed by atoms with Crippen molar-refractivity contribution >= 4 is 5.97 Å². The summed E-state index contributed by atoms with van der Waals surface area (Å²) in [5, 5.41) is 38.3. The molecule has 1 aliphatic rings. The number of aromatic hydroxyl groups is 1. The lowest BCUT2D eigenvalue weighted by Crippen LogP contribution is -2.42. The molecule has 5 heteroatoms. The van der Waals surface area contributed by atoms with E-state index in [0.717, 1.165) is 0 Å². The Morgan fingerprint density at radius 2 is 1.84 bits per heavy atom.